The second-order valence-corrected chi connectivity index (χ2v) is 34.2. The van der Waals surface area contributed by atoms with E-state index in [2.05, 4.69) is 537 Å². The number of hydrogen-bond acceptors (Lipinski definition) is 0. The number of para-hydroxylation sites is 12. The SMILES string of the molecule is c1ccc(-n2c3ccccc3c3cc(-c4ccc(-c5ccc6c(c5)c5ccccc5n6-c5ccccc5)cc4)ccc32)cc1.c1ccc(-n2c3ccccc3c3cc(-c4cccc(-c5ccc6c(c5)c5ccccc5n6-c5ccccc5)c4)ccc32)cc1.c1ccc(-n2c3ccccc3c3cc(-c4ccccc4-c4ccc5c(c4)c4ccccc4n5-c4ccccc4)ccc32)cc1. The summed E-state index contributed by atoms with van der Waals surface area (Å²) < 4.78 is 14.2. The van der Waals surface area contributed by atoms with Crippen LogP contribution in [0.2, 0.25) is 0 Å². The first-order valence-corrected chi connectivity index (χ1v) is 45.4. The summed E-state index contributed by atoms with van der Waals surface area (Å²) in [6.45, 7) is 0. The maximum atomic E-state index is 2.37. The van der Waals surface area contributed by atoms with Crippen molar-refractivity contribution in [3.05, 3.63) is 510 Å². The third-order valence-corrected chi connectivity index (χ3v) is 26.8. The van der Waals surface area contributed by atoms with Crippen LogP contribution < -0.4 is 0 Å². The zero-order valence-corrected chi connectivity index (χ0v) is 72.2. The molecule has 0 atom stereocenters. The van der Waals surface area contributed by atoms with Crippen LogP contribution in [0.1, 0.15) is 0 Å². The summed E-state index contributed by atoms with van der Waals surface area (Å²) in [4.78, 5) is 0. The highest BCUT2D eigenvalue weighted by atomic mass is 15.0. The molecule has 0 amide bonds. The Labute approximate surface area is 763 Å². The first kappa shape index (κ1) is 76.8. The number of rotatable bonds is 12. The van der Waals surface area contributed by atoms with E-state index >= 15 is 0 Å². The summed E-state index contributed by atoms with van der Waals surface area (Å²) in [7, 11) is 0. The Hall–Kier alpha value is -17.6. The van der Waals surface area contributed by atoms with Gasteiger partial charge in [-0.15, -0.1) is 0 Å². The van der Waals surface area contributed by atoms with Gasteiger partial charge in [0, 0.05) is 98.8 Å². The Morgan fingerprint density at radius 3 is 0.477 bits per heavy atom. The molecule has 618 valence electrons. The van der Waals surface area contributed by atoms with Crippen molar-refractivity contribution in [1.29, 1.82) is 0 Å². The van der Waals surface area contributed by atoms with E-state index in [1.807, 2.05) is 0 Å². The fourth-order valence-corrected chi connectivity index (χ4v) is 20.7. The van der Waals surface area contributed by atoms with E-state index in [1.54, 1.807) is 0 Å². The highest BCUT2D eigenvalue weighted by molar-refractivity contribution is 6.17. The van der Waals surface area contributed by atoms with E-state index in [9.17, 15) is 0 Å². The summed E-state index contributed by atoms with van der Waals surface area (Å²) >= 11 is 0. The van der Waals surface area contributed by atoms with Crippen LogP contribution in [-0.2, 0) is 0 Å². The Balaban J connectivity index is 0.000000106. The van der Waals surface area contributed by atoms with Crippen molar-refractivity contribution in [3.63, 3.8) is 0 Å². The van der Waals surface area contributed by atoms with Crippen LogP contribution >= 0.6 is 0 Å². The molecule has 21 aromatic carbocycles. The van der Waals surface area contributed by atoms with Gasteiger partial charge in [0.25, 0.3) is 0 Å². The van der Waals surface area contributed by atoms with Crippen molar-refractivity contribution in [2.75, 3.05) is 0 Å². The number of nitrogens with zero attached hydrogens (tertiary/aromatic N) is 6. The summed E-state index contributed by atoms with van der Waals surface area (Å²) in [5.41, 5.74) is 36.4. The van der Waals surface area contributed by atoms with Gasteiger partial charge in [-0.2, -0.15) is 0 Å². The van der Waals surface area contributed by atoms with Crippen LogP contribution in [0.5, 0.6) is 0 Å². The van der Waals surface area contributed by atoms with Crippen molar-refractivity contribution in [2.24, 2.45) is 0 Å². The van der Waals surface area contributed by atoms with Crippen LogP contribution in [0.3, 0.4) is 0 Å². The molecule has 0 spiro atoms. The minimum Gasteiger partial charge on any atom is -0.309 e. The Bertz CT molecular complexity index is 8580. The molecule has 6 nitrogen and oxygen atoms in total. The lowest BCUT2D eigenvalue weighted by atomic mass is 9.93. The van der Waals surface area contributed by atoms with Crippen molar-refractivity contribution < 1.29 is 0 Å². The molecule has 0 fully saturated rings. The molecule has 6 heterocycles. The quantitative estimate of drug-likeness (QED) is 0.117. The number of hydrogen-bond donors (Lipinski definition) is 0. The monoisotopic (exact) mass is 1680 g/mol. The van der Waals surface area contributed by atoms with E-state index in [-0.39, 0.29) is 0 Å². The highest BCUT2D eigenvalue weighted by Gasteiger charge is 2.23. The molecule has 0 saturated heterocycles. The first-order chi connectivity index (χ1) is 65.5. The molecule has 0 aliphatic carbocycles. The van der Waals surface area contributed by atoms with E-state index in [1.165, 1.54) is 232 Å². The van der Waals surface area contributed by atoms with Crippen LogP contribution in [-0.4, -0.2) is 27.4 Å². The fourth-order valence-electron chi connectivity index (χ4n) is 20.7. The largest absolute Gasteiger partial charge is 0.309 e. The van der Waals surface area contributed by atoms with E-state index in [0.717, 1.165) is 0 Å². The van der Waals surface area contributed by atoms with E-state index in [0.29, 0.717) is 0 Å². The molecule has 0 unspecified atom stereocenters. The molecule has 6 heteroatoms. The second kappa shape index (κ2) is 32.4. The maximum Gasteiger partial charge on any atom is 0.0541 e. The van der Waals surface area contributed by atoms with Gasteiger partial charge in [-0.05, 0) is 255 Å². The molecule has 132 heavy (non-hydrogen) atoms. The third kappa shape index (κ3) is 13.2. The molecule has 0 N–H and O–H groups in total. The lowest BCUT2D eigenvalue weighted by Gasteiger charge is -2.12. The van der Waals surface area contributed by atoms with E-state index < -0.39 is 0 Å². The van der Waals surface area contributed by atoms with Crippen LogP contribution in [0, 0.1) is 0 Å². The van der Waals surface area contributed by atoms with Crippen LogP contribution in [0.15, 0.2) is 510 Å². The highest BCUT2D eigenvalue weighted by Crippen LogP contribution is 2.45. The van der Waals surface area contributed by atoms with Crippen molar-refractivity contribution in [1.82, 2.24) is 27.4 Å². The van der Waals surface area contributed by atoms with Gasteiger partial charge in [0.15, 0.2) is 0 Å². The Morgan fingerprint density at radius 1 is 0.0909 bits per heavy atom. The van der Waals surface area contributed by atoms with Gasteiger partial charge in [-0.3, -0.25) is 0 Å². The van der Waals surface area contributed by atoms with E-state index in [4.69, 9.17) is 0 Å². The minimum absolute atomic E-state index is 1.18. The van der Waals surface area contributed by atoms with Gasteiger partial charge in [0.1, 0.15) is 0 Å². The molecule has 0 saturated carbocycles. The topological polar surface area (TPSA) is 29.6 Å². The average Bonchev–Trinajstić information content (AvgIpc) is 1.60. The molecular formula is C126H84N6. The summed E-state index contributed by atoms with van der Waals surface area (Å²) in [6, 6.07) is 184. The minimum atomic E-state index is 1.18. The summed E-state index contributed by atoms with van der Waals surface area (Å²) in [6.07, 6.45) is 0. The smallest absolute Gasteiger partial charge is 0.0541 e. The van der Waals surface area contributed by atoms with Gasteiger partial charge in [0.05, 0.1) is 66.2 Å². The number of fused-ring (bicyclic) bond motifs is 18. The lowest BCUT2D eigenvalue weighted by Crippen LogP contribution is -1.93. The lowest BCUT2D eigenvalue weighted by molar-refractivity contribution is 1.18. The van der Waals surface area contributed by atoms with Crippen molar-refractivity contribution in [3.8, 4) is 101 Å². The van der Waals surface area contributed by atoms with Gasteiger partial charge < -0.3 is 27.4 Å². The third-order valence-electron chi connectivity index (χ3n) is 26.8. The summed E-state index contributed by atoms with van der Waals surface area (Å²) in [5, 5.41) is 15.2. The molecule has 0 bridgehead atoms. The predicted octanol–water partition coefficient (Wildman–Crippen LogP) is 33.6. The second-order valence-electron chi connectivity index (χ2n) is 34.2. The molecule has 0 aliphatic rings. The molecule has 27 rings (SSSR count). The fraction of sp³-hybridized carbons (Fsp3) is 0. The first-order valence-electron chi connectivity index (χ1n) is 45.4. The Morgan fingerprint density at radius 2 is 0.250 bits per heavy atom. The molecule has 0 radical (unpaired) electrons. The van der Waals surface area contributed by atoms with Crippen molar-refractivity contribution >= 4 is 131 Å². The van der Waals surface area contributed by atoms with Crippen molar-refractivity contribution in [2.45, 2.75) is 0 Å². The van der Waals surface area contributed by atoms with Gasteiger partial charge in [-0.25, -0.2) is 0 Å². The number of aromatic nitrogens is 6. The van der Waals surface area contributed by atoms with Gasteiger partial charge >= 0.3 is 0 Å². The summed E-state index contributed by atoms with van der Waals surface area (Å²) in [5.74, 6) is 0. The normalized spacial score (nSPS) is 11.6. The standard InChI is InChI=1S/3C42H28N2/c1-3-14-33(15-4-1)43-39-20-9-7-18-35(39)37-27-31(22-24-41(37)43)29-12-11-13-30(26-29)32-23-25-42-38(28-32)36-19-8-10-21-40(36)44(42)34-16-5-2-6-17-34;1-3-11-33(12-4-1)43-39-17-9-7-15-35(39)37-27-31(23-25-41(37)43)29-19-21-30(22-20-29)32-24-26-42-38(28-32)36-16-8-10-18-40(36)44(42)34-13-5-2-6-14-34;1-3-13-31(14-4-1)43-39-21-11-9-19-35(39)37-27-29(23-25-41(37)43)33-17-7-8-18-34(33)30-24-26-42-38(28-30)36-20-10-12-22-40(36)44(42)32-15-5-2-6-16-32/h3*1-28H. The van der Waals surface area contributed by atoms with Crippen LogP contribution in [0.25, 0.3) is 232 Å². The molecule has 6 aromatic heterocycles. The maximum absolute atomic E-state index is 2.37. The Kier molecular flexibility index (Phi) is 18.8. The van der Waals surface area contributed by atoms with Crippen LogP contribution in [0.4, 0.5) is 0 Å². The molecular weight excluding hydrogens is 1600 g/mol. The average molecular weight is 1680 g/mol. The van der Waals surface area contributed by atoms with Gasteiger partial charge in [0.2, 0.25) is 0 Å². The zero-order chi connectivity index (χ0) is 87.1. The zero-order valence-electron chi connectivity index (χ0n) is 72.2. The molecule has 0 aliphatic heterocycles. The predicted molar refractivity (Wildman–Crippen MR) is 558 cm³/mol. The number of benzene rings is 21. The van der Waals surface area contributed by atoms with Gasteiger partial charge in [-0.1, -0.05) is 322 Å². The molecule has 27 aromatic rings.